The van der Waals surface area contributed by atoms with E-state index in [1.165, 1.54) is 4.90 Å². The summed E-state index contributed by atoms with van der Waals surface area (Å²) >= 11 is 5.84. The lowest BCUT2D eigenvalue weighted by molar-refractivity contribution is -0.128. The third kappa shape index (κ3) is 5.13. The van der Waals surface area contributed by atoms with Crippen LogP contribution in [0.5, 0.6) is 0 Å². The maximum absolute atomic E-state index is 12.6. The fourth-order valence-corrected chi connectivity index (χ4v) is 3.23. The van der Waals surface area contributed by atoms with Crippen molar-refractivity contribution in [2.45, 2.75) is 18.1 Å². The number of aliphatic hydroxyl groups excluding tert-OH is 3. The molecule has 1 amide bonds. The van der Waals surface area contributed by atoms with Crippen molar-refractivity contribution in [1.82, 2.24) is 9.80 Å². The molecule has 0 aliphatic carbocycles. The van der Waals surface area contributed by atoms with Crippen LogP contribution in [0.3, 0.4) is 0 Å². The molecule has 1 heterocycles. The molecule has 1 aromatic rings. The van der Waals surface area contributed by atoms with Gasteiger partial charge in [-0.05, 0) is 30.7 Å². The minimum Gasteiger partial charge on any atom is -0.395 e. The molecule has 0 aromatic heterocycles. The molecule has 1 aromatic carbocycles. The van der Waals surface area contributed by atoms with Crippen molar-refractivity contribution in [1.29, 1.82) is 0 Å². The Morgan fingerprint density at radius 2 is 1.84 bits per heavy atom. The zero-order chi connectivity index (χ0) is 18.4. The second kappa shape index (κ2) is 8.93. The molecule has 1 saturated heterocycles. The molecule has 1 aliphatic heterocycles. The van der Waals surface area contributed by atoms with Gasteiger partial charge < -0.3 is 25.3 Å². The SMILES string of the molecule is O=C(c1ccc(Cl)cc1)N1CC[C@@H](O)[C@](O)(CN(CCO)CCO)C1. The molecule has 25 heavy (non-hydrogen) atoms. The Morgan fingerprint density at radius 1 is 1.24 bits per heavy atom. The lowest BCUT2D eigenvalue weighted by atomic mass is 9.88. The van der Waals surface area contributed by atoms with Gasteiger partial charge in [0.1, 0.15) is 5.60 Å². The summed E-state index contributed by atoms with van der Waals surface area (Å²) in [6.45, 7) is 0.647. The molecule has 2 rings (SSSR count). The lowest BCUT2D eigenvalue weighted by Gasteiger charge is -2.44. The Labute approximate surface area is 152 Å². The first kappa shape index (κ1) is 20.1. The van der Waals surface area contributed by atoms with Crippen LogP contribution in [0.1, 0.15) is 16.8 Å². The third-order valence-corrected chi connectivity index (χ3v) is 4.72. The molecule has 0 saturated carbocycles. The fourth-order valence-electron chi connectivity index (χ4n) is 3.11. The van der Waals surface area contributed by atoms with Crippen molar-refractivity contribution in [2.75, 3.05) is 45.9 Å². The maximum atomic E-state index is 12.6. The number of carbonyl (C=O) groups is 1. The fraction of sp³-hybridized carbons (Fsp3) is 0.588. The van der Waals surface area contributed by atoms with E-state index >= 15 is 0 Å². The summed E-state index contributed by atoms with van der Waals surface area (Å²) in [4.78, 5) is 15.8. The topological polar surface area (TPSA) is 104 Å². The zero-order valence-electron chi connectivity index (χ0n) is 14.0. The van der Waals surface area contributed by atoms with Crippen LogP contribution in [0.4, 0.5) is 0 Å². The number of nitrogens with zero attached hydrogens (tertiary/aromatic N) is 2. The number of benzene rings is 1. The third-order valence-electron chi connectivity index (χ3n) is 4.47. The molecule has 4 N–H and O–H groups in total. The maximum Gasteiger partial charge on any atom is 0.253 e. The van der Waals surface area contributed by atoms with Gasteiger partial charge in [-0.25, -0.2) is 0 Å². The van der Waals surface area contributed by atoms with Crippen LogP contribution in [0.2, 0.25) is 5.02 Å². The van der Waals surface area contributed by atoms with Crippen molar-refractivity contribution in [3.63, 3.8) is 0 Å². The Balaban J connectivity index is 2.10. The van der Waals surface area contributed by atoms with Crippen LogP contribution in [-0.2, 0) is 0 Å². The first-order valence-corrected chi connectivity index (χ1v) is 8.67. The predicted molar refractivity (Wildman–Crippen MR) is 93.5 cm³/mol. The lowest BCUT2D eigenvalue weighted by Crippen LogP contribution is -2.63. The van der Waals surface area contributed by atoms with Crippen LogP contribution >= 0.6 is 11.6 Å². The van der Waals surface area contributed by atoms with Gasteiger partial charge in [0.15, 0.2) is 0 Å². The van der Waals surface area contributed by atoms with Gasteiger partial charge in [-0.15, -0.1) is 0 Å². The van der Waals surface area contributed by atoms with E-state index in [0.717, 1.165) is 0 Å². The van der Waals surface area contributed by atoms with E-state index in [9.17, 15) is 15.0 Å². The van der Waals surface area contributed by atoms with Gasteiger partial charge in [0.05, 0.1) is 25.9 Å². The Morgan fingerprint density at radius 3 is 2.40 bits per heavy atom. The molecule has 0 unspecified atom stereocenters. The summed E-state index contributed by atoms with van der Waals surface area (Å²) in [5.74, 6) is -0.238. The first-order valence-electron chi connectivity index (χ1n) is 8.29. The molecule has 1 fully saturated rings. The normalized spacial score (nSPS) is 23.9. The molecular weight excluding hydrogens is 348 g/mol. The van der Waals surface area contributed by atoms with Crippen LogP contribution in [0, 0.1) is 0 Å². The highest BCUT2D eigenvalue weighted by atomic mass is 35.5. The number of amides is 1. The number of β-amino-alcohol motifs (C(OH)–C–C–N with tert-alkyl or cyclic N) is 1. The number of likely N-dealkylation sites (tertiary alicyclic amines) is 1. The van der Waals surface area contributed by atoms with Crippen molar-refractivity contribution < 1.29 is 25.2 Å². The Kier molecular flexibility index (Phi) is 7.18. The molecule has 8 heteroatoms. The van der Waals surface area contributed by atoms with Gasteiger partial charge in [-0.3, -0.25) is 9.69 Å². The highest BCUT2D eigenvalue weighted by Gasteiger charge is 2.43. The zero-order valence-corrected chi connectivity index (χ0v) is 14.8. The highest BCUT2D eigenvalue weighted by molar-refractivity contribution is 6.30. The van der Waals surface area contributed by atoms with E-state index in [1.807, 2.05) is 0 Å². The summed E-state index contributed by atoms with van der Waals surface area (Å²) in [5.41, 5.74) is -1.06. The van der Waals surface area contributed by atoms with Crippen molar-refractivity contribution in [3.05, 3.63) is 34.9 Å². The summed E-state index contributed by atoms with van der Waals surface area (Å²) in [6.07, 6.45) is -0.733. The Hall–Kier alpha value is -1.22. The monoisotopic (exact) mass is 372 g/mol. The van der Waals surface area contributed by atoms with E-state index in [2.05, 4.69) is 0 Å². The number of halogens is 1. The smallest absolute Gasteiger partial charge is 0.253 e. The number of hydrogen-bond donors (Lipinski definition) is 4. The number of rotatable bonds is 7. The van der Waals surface area contributed by atoms with E-state index in [-0.39, 0.29) is 51.7 Å². The summed E-state index contributed by atoms with van der Waals surface area (Å²) in [7, 11) is 0. The number of piperidine rings is 1. The molecule has 2 atom stereocenters. The molecule has 7 nitrogen and oxygen atoms in total. The summed E-state index contributed by atoms with van der Waals surface area (Å²) in [6, 6.07) is 6.51. The van der Waals surface area contributed by atoms with Crippen molar-refractivity contribution >= 4 is 17.5 Å². The minimum atomic E-state index is -1.52. The van der Waals surface area contributed by atoms with Gasteiger partial charge in [-0.2, -0.15) is 0 Å². The largest absolute Gasteiger partial charge is 0.395 e. The van der Waals surface area contributed by atoms with Gasteiger partial charge in [0.25, 0.3) is 5.91 Å². The molecule has 0 radical (unpaired) electrons. The van der Waals surface area contributed by atoms with Crippen molar-refractivity contribution in [3.8, 4) is 0 Å². The average molecular weight is 373 g/mol. The van der Waals surface area contributed by atoms with Gasteiger partial charge in [0.2, 0.25) is 0 Å². The second-order valence-electron chi connectivity index (χ2n) is 6.37. The predicted octanol–water partition coefficient (Wildman–Crippen LogP) is -0.436. The number of aliphatic hydroxyl groups is 4. The van der Waals surface area contributed by atoms with Gasteiger partial charge in [-0.1, -0.05) is 11.6 Å². The molecule has 140 valence electrons. The number of carbonyl (C=O) groups excluding carboxylic acids is 1. The van der Waals surface area contributed by atoms with E-state index in [1.54, 1.807) is 29.2 Å². The molecule has 1 aliphatic rings. The first-order chi connectivity index (χ1) is 11.9. The van der Waals surface area contributed by atoms with Crippen LogP contribution in [-0.4, -0.2) is 93.8 Å². The molecular formula is C17H25ClN2O5. The quantitative estimate of drug-likeness (QED) is 0.517. The molecule has 0 spiro atoms. The van der Waals surface area contributed by atoms with Crippen LogP contribution in [0.15, 0.2) is 24.3 Å². The van der Waals surface area contributed by atoms with Crippen LogP contribution in [0.25, 0.3) is 0 Å². The van der Waals surface area contributed by atoms with Crippen LogP contribution < -0.4 is 0 Å². The van der Waals surface area contributed by atoms with Gasteiger partial charge >= 0.3 is 0 Å². The molecule has 0 bridgehead atoms. The summed E-state index contributed by atoms with van der Waals surface area (Å²) in [5, 5.41) is 39.9. The standard InChI is InChI=1S/C17H25ClN2O5/c18-14-3-1-13(2-4-14)16(24)20-6-5-15(23)17(25,12-20)11-19(7-9-21)8-10-22/h1-4,15,21-23,25H,5-12H2/t15-,17+/m1/s1. The van der Waals surface area contributed by atoms with E-state index in [0.29, 0.717) is 17.1 Å². The highest BCUT2D eigenvalue weighted by Crippen LogP contribution is 2.25. The van der Waals surface area contributed by atoms with Crippen molar-refractivity contribution in [2.24, 2.45) is 0 Å². The van der Waals surface area contributed by atoms with Gasteiger partial charge in [0, 0.05) is 36.8 Å². The Bertz CT molecular complexity index is 565. The second-order valence-corrected chi connectivity index (χ2v) is 6.80. The number of hydrogen-bond acceptors (Lipinski definition) is 6. The summed E-state index contributed by atoms with van der Waals surface area (Å²) < 4.78 is 0. The van der Waals surface area contributed by atoms with E-state index in [4.69, 9.17) is 21.8 Å². The minimum absolute atomic E-state index is 0.0248. The average Bonchev–Trinajstić information content (AvgIpc) is 2.58. The van der Waals surface area contributed by atoms with E-state index < -0.39 is 11.7 Å².